The lowest BCUT2D eigenvalue weighted by Crippen LogP contribution is -2.43. The van der Waals surface area contributed by atoms with Gasteiger partial charge in [0.2, 0.25) is 0 Å². The summed E-state index contributed by atoms with van der Waals surface area (Å²) in [5.74, 6) is -0.360. The van der Waals surface area contributed by atoms with Gasteiger partial charge < -0.3 is 14.4 Å². The lowest BCUT2D eigenvalue weighted by Gasteiger charge is -2.32. The molecule has 0 spiro atoms. The fourth-order valence-corrected chi connectivity index (χ4v) is 2.91. The number of piperidine rings is 1. The van der Waals surface area contributed by atoms with Crippen LogP contribution in [0.5, 0.6) is 0 Å². The highest BCUT2D eigenvalue weighted by molar-refractivity contribution is 9.10. The van der Waals surface area contributed by atoms with E-state index in [4.69, 9.17) is 9.47 Å². The number of ether oxygens (including phenoxy) is 2. The van der Waals surface area contributed by atoms with Crippen molar-refractivity contribution in [2.75, 3.05) is 13.1 Å². The normalized spacial score (nSPS) is 15.9. The Labute approximate surface area is 151 Å². The first-order valence-corrected chi connectivity index (χ1v) is 8.93. The highest BCUT2D eigenvalue weighted by Gasteiger charge is 2.30. The van der Waals surface area contributed by atoms with Gasteiger partial charge in [0, 0.05) is 23.1 Å². The van der Waals surface area contributed by atoms with Gasteiger partial charge in [-0.15, -0.1) is 0 Å². The van der Waals surface area contributed by atoms with Crippen LogP contribution in [0.3, 0.4) is 0 Å². The van der Waals surface area contributed by atoms with E-state index in [1.807, 2.05) is 45.0 Å². The second-order valence-electron chi connectivity index (χ2n) is 6.94. The Balaban J connectivity index is 1.78. The Bertz CT molecular complexity index is 589. The summed E-state index contributed by atoms with van der Waals surface area (Å²) in [6, 6.07) is 7.67. The molecule has 0 bridgehead atoms. The smallest absolute Gasteiger partial charge is 0.410 e. The second kappa shape index (κ2) is 8.01. The number of amides is 1. The molecule has 1 fully saturated rings. The summed E-state index contributed by atoms with van der Waals surface area (Å²) in [6.45, 7) is 6.82. The summed E-state index contributed by atoms with van der Waals surface area (Å²) < 4.78 is 11.7. The number of carbonyl (C=O) groups is 2. The van der Waals surface area contributed by atoms with Crippen molar-refractivity contribution in [3.05, 3.63) is 34.3 Å². The van der Waals surface area contributed by atoms with Gasteiger partial charge in [-0.2, -0.15) is 0 Å². The van der Waals surface area contributed by atoms with Gasteiger partial charge in [0.25, 0.3) is 0 Å². The summed E-state index contributed by atoms with van der Waals surface area (Å²) in [5, 5.41) is 0. The third-order valence-corrected chi connectivity index (χ3v) is 4.58. The molecule has 1 aromatic rings. The minimum absolute atomic E-state index is 0.161. The zero-order valence-corrected chi connectivity index (χ0v) is 16.0. The molecule has 1 aromatic carbocycles. The van der Waals surface area contributed by atoms with E-state index in [0.717, 1.165) is 10.0 Å². The lowest BCUT2D eigenvalue weighted by molar-refractivity contribution is -0.151. The molecule has 0 unspecified atom stereocenters. The number of rotatable bonds is 3. The van der Waals surface area contributed by atoms with Crippen LogP contribution in [0.1, 0.15) is 39.2 Å². The van der Waals surface area contributed by atoms with Crippen molar-refractivity contribution >= 4 is 28.0 Å². The minimum Gasteiger partial charge on any atom is -0.461 e. The topological polar surface area (TPSA) is 55.8 Å². The van der Waals surface area contributed by atoms with Gasteiger partial charge in [-0.3, -0.25) is 4.79 Å². The summed E-state index contributed by atoms with van der Waals surface area (Å²) in [5.41, 5.74) is 0.438. The van der Waals surface area contributed by atoms with Crippen molar-refractivity contribution in [2.24, 2.45) is 5.92 Å². The molecule has 0 saturated carbocycles. The van der Waals surface area contributed by atoms with Crippen LogP contribution >= 0.6 is 15.9 Å². The molecule has 0 N–H and O–H groups in total. The largest absolute Gasteiger partial charge is 0.461 e. The van der Waals surface area contributed by atoms with Gasteiger partial charge >= 0.3 is 12.1 Å². The third kappa shape index (κ3) is 5.51. The number of likely N-dealkylation sites (tertiary alicyclic amines) is 1. The number of benzene rings is 1. The van der Waals surface area contributed by atoms with Crippen molar-refractivity contribution in [2.45, 2.75) is 45.8 Å². The van der Waals surface area contributed by atoms with E-state index in [1.165, 1.54) is 0 Å². The van der Waals surface area contributed by atoms with Gasteiger partial charge in [-0.1, -0.05) is 34.1 Å². The standard InChI is InChI=1S/C18H24BrNO4/c1-18(2,3)24-17(22)20-10-8-13(9-11-20)16(21)23-12-14-6-4-5-7-15(14)19/h4-7,13H,8-12H2,1-3H3. The molecule has 1 amide bonds. The maximum absolute atomic E-state index is 12.2. The van der Waals surface area contributed by atoms with Crippen LogP contribution in [0.25, 0.3) is 0 Å². The van der Waals surface area contributed by atoms with E-state index >= 15 is 0 Å². The molecule has 1 heterocycles. The van der Waals surface area contributed by atoms with Crippen molar-refractivity contribution in [3.63, 3.8) is 0 Å². The van der Waals surface area contributed by atoms with Gasteiger partial charge in [0.15, 0.2) is 0 Å². The Kier molecular flexibility index (Phi) is 6.27. The number of nitrogens with zero attached hydrogens (tertiary/aromatic N) is 1. The van der Waals surface area contributed by atoms with E-state index in [0.29, 0.717) is 25.9 Å². The maximum atomic E-state index is 12.2. The van der Waals surface area contributed by atoms with Crippen LogP contribution in [0.15, 0.2) is 28.7 Å². The lowest BCUT2D eigenvalue weighted by atomic mass is 9.97. The van der Waals surface area contributed by atoms with Gasteiger partial charge in [-0.05, 0) is 39.7 Å². The quantitative estimate of drug-likeness (QED) is 0.719. The van der Waals surface area contributed by atoms with E-state index in [2.05, 4.69) is 15.9 Å². The molecule has 0 aromatic heterocycles. The summed E-state index contributed by atoms with van der Waals surface area (Å²) in [7, 11) is 0. The third-order valence-electron chi connectivity index (χ3n) is 3.81. The van der Waals surface area contributed by atoms with Crippen LogP contribution in [-0.2, 0) is 20.9 Å². The Morgan fingerprint density at radius 1 is 1.21 bits per heavy atom. The molecule has 1 aliphatic heterocycles. The Hall–Kier alpha value is -1.56. The number of carbonyl (C=O) groups excluding carboxylic acids is 2. The minimum atomic E-state index is -0.504. The molecule has 0 radical (unpaired) electrons. The predicted octanol–water partition coefficient (Wildman–Crippen LogP) is 4.14. The van der Waals surface area contributed by atoms with E-state index in [-0.39, 0.29) is 24.6 Å². The number of halogens is 1. The average molecular weight is 398 g/mol. The first-order chi connectivity index (χ1) is 11.3. The molecule has 5 nitrogen and oxygen atoms in total. The number of hydrogen-bond donors (Lipinski definition) is 0. The molecule has 24 heavy (non-hydrogen) atoms. The van der Waals surface area contributed by atoms with E-state index in [9.17, 15) is 9.59 Å². The first-order valence-electron chi connectivity index (χ1n) is 8.14. The van der Waals surface area contributed by atoms with Crippen LogP contribution < -0.4 is 0 Å². The molecule has 0 aliphatic carbocycles. The zero-order valence-electron chi connectivity index (χ0n) is 14.4. The van der Waals surface area contributed by atoms with E-state index < -0.39 is 5.60 Å². The summed E-state index contributed by atoms with van der Waals surface area (Å²) >= 11 is 3.44. The second-order valence-corrected chi connectivity index (χ2v) is 7.80. The van der Waals surface area contributed by atoms with Crippen molar-refractivity contribution in [1.82, 2.24) is 4.90 Å². The Morgan fingerprint density at radius 2 is 1.83 bits per heavy atom. The van der Waals surface area contributed by atoms with Crippen LogP contribution in [-0.4, -0.2) is 35.7 Å². The van der Waals surface area contributed by atoms with Crippen LogP contribution in [0.2, 0.25) is 0 Å². The summed E-state index contributed by atoms with van der Waals surface area (Å²) in [6.07, 6.45) is 0.893. The average Bonchev–Trinajstić information content (AvgIpc) is 2.52. The van der Waals surface area contributed by atoms with Gasteiger partial charge in [-0.25, -0.2) is 4.79 Å². The first kappa shape index (κ1) is 18.8. The van der Waals surface area contributed by atoms with Crippen molar-refractivity contribution < 1.29 is 19.1 Å². The molecular formula is C18H24BrNO4. The zero-order chi connectivity index (χ0) is 17.7. The monoisotopic (exact) mass is 397 g/mol. The summed E-state index contributed by atoms with van der Waals surface area (Å²) in [4.78, 5) is 25.9. The molecule has 132 valence electrons. The molecular weight excluding hydrogens is 374 g/mol. The molecule has 0 atom stereocenters. The Morgan fingerprint density at radius 3 is 2.42 bits per heavy atom. The molecule has 1 saturated heterocycles. The van der Waals surface area contributed by atoms with Crippen LogP contribution in [0.4, 0.5) is 4.79 Å². The van der Waals surface area contributed by atoms with Gasteiger partial charge in [0.05, 0.1) is 5.92 Å². The predicted molar refractivity (Wildman–Crippen MR) is 94.5 cm³/mol. The number of esters is 1. The maximum Gasteiger partial charge on any atom is 0.410 e. The van der Waals surface area contributed by atoms with Crippen molar-refractivity contribution in [1.29, 1.82) is 0 Å². The van der Waals surface area contributed by atoms with Crippen molar-refractivity contribution in [3.8, 4) is 0 Å². The molecule has 2 rings (SSSR count). The van der Waals surface area contributed by atoms with E-state index in [1.54, 1.807) is 4.90 Å². The highest BCUT2D eigenvalue weighted by atomic mass is 79.9. The fraction of sp³-hybridized carbons (Fsp3) is 0.556. The van der Waals surface area contributed by atoms with Crippen LogP contribution in [0, 0.1) is 5.92 Å². The molecule has 1 aliphatic rings. The number of hydrogen-bond acceptors (Lipinski definition) is 4. The fourth-order valence-electron chi connectivity index (χ4n) is 2.51. The molecule has 6 heteroatoms. The SMILES string of the molecule is CC(C)(C)OC(=O)N1CCC(C(=O)OCc2ccccc2Br)CC1. The van der Waals surface area contributed by atoms with Gasteiger partial charge in [0.1, 0.15) is 12.2 Å². The highest BCUT2D eigenvalue weighted by Crippen LogP contribution is 2.22.